The molecule has 0 spiro atoms. The van der Waals surface area contributed by atoms with Gasteiger partial charge in [0.05, 0.1) is 12.8 Å². The van der Waals surface area contributed by atoms with Gasteiger partial charge in [-0.05, 0) is 35.9 Å². The van der Waals surface area contributed by atoms with E-state index in [4.69, 9.17) is 4.42 Å². The van der Waals surface area contributed by atoms with Crippen LogP contribution in [0.4, 0.5) is 5.82 Å². The van der Waals surface area contributed by atoms with Crippen LogP contribution in [-0.4, -0.2) is 19.9 Å². The Hall–Kier alpha value is -3.28. The SMILES string of the molecule is c1cncc(CN(Cc2ccco2)c2ccc3nccnc3n2)c1. The monoisotopic (exact) mass is 317 g/mol. The van der Waals surface area contributed by atoms with E-state index >= 15 is 0 Å². The van der Waals surface area contributed by atoms with E-state index in [9.17, 15) is 0 Å². The van der Waals surface area contributed by atoms with E-state index in [-0.39, 0.29) is 0 Å². The smallest absolute Gasteiger partial charge is 0.180 e. The summed E-state index contributed by atoms with van der Waals surface area (Å²) in [5.41, 5.74) is 2.51. The molecule has 0 amide bonds. The van der Waals surface area contributed by atoms with Crippen molar-refractivity contribution in [2.24, 2.45) is 0 Å². The maximum Gasteiger partial charge on any atom is 0.180 e. The van der Waals surface area contributed by atoms with Gasteiger partial charge in [-0.1, -0.05) is 6.07 Å². The second-order valence-corrected chi connectivity index (χ2v) is 5.37. The van der Waals surface area contributed by atoms with Crippen molar-refractivity contribution in [3.8, 4) is 0 Å². The van der Waals surface area contributed by atoms with E-state index < -0.39 is 0 Å². The Labute approximate surface area is 138 Å². The first-order chi connectivity index (χ1) is 11.9. The van der Waals surface area contributed by atoms with Crippen molar-refractivity contribution in [3.05, 3.63) is 78.8 Å². The molecule has 0 unspecified atom stereocenters. The largest absolute Gasteiger partial charge is 0.467 e. The van der Waals surface area contributed by atoms with Crippen molar-refractivity contribution in [2.45, 2.75) is 13.1 Å². The second-order valence-electron chi connectivity index (χ2n) is 5.37. The molecule has 4 aromatic heterocycles. The summed E-state index contributed by atoms with van der Waals surface area (Å²) in [6, 6.07) is 11.7. The van der Waals surface area contributed by atoms with Gasteiger partial charge in [-0.25, -0.2) is 9.97 Å². The van der Waals surface area contributed by atoms with E-state index in [2.05, 4.69) is 24.8 Å². The van der Waals surface area contributed by atoms with E-state index in [1.165, 1.54) is 0 Å². The number of furan rings is 1. The standard InChI is InChI=1S/C18H15N5O/c1-3-14(11-19-7-1)12-23(13-15-4-2-10-24-15)17-6-5-16-18(22-17)21-9-8-20-16/h1-11H,12-13H2. The van der Waals surface area contributed by atoms with E-state index in [1.54, 1.807) is 24.9 Å². The highest BCUT2D eigenvalue weighted by atomic mass is 16.3. The first kappa shape index (κ1) is 14.3. The maximum absolute atomic E-state index is 5.50. The molecule has 0 aromatic carbocycles. The van der Waals surface area contributed by atoms with Crippen LogP contribution in [0.5, 0.6) is 0 Å². The molecule has 0 fully saturated rings. The normalized spacial score (nSPS) is 10.8. The van der Waals surface area contributed by atoms with E-state index in [1.807, 2.05) is 42.6 Å². The lowest BCUT2D eigenvalue weighted by atomic mass is 10.2. The van der Waals surface area contributed by atoms with Gasteiger partial charge in [0.2, 0.25) is 0 Å². The highest BCUT2D eigenvalue weighted by Crippen LogP contribution is 2.20. The van der Waals surface area contributed by atoms with Crippen molar-refractivity contribution >= 4 is 17.0 Å². The molecular formula is C18H15N5O. The fraction of sp³-hybridized carbons (Fsp3) is 0.111. The summed E-state index contributed by atoms with van der Waals surface area (Å²) in [4.78, 5) is 19.5. The summed E-state index contributed by atoms with van der Waals surface area (Å²) >= 11 is 0. The lowest BCUT2D eigenvalue weighted by Gasteiger charge is -2.22. The van der Waals surface area contributed by atoms with Crippen molar-refractivity contribution in [2.75, 3.05) is 4.90 Å². The summed E-state index contributed by atoms with van der Waals surface area (Å²) in [6.45, 7) is 1.29. The van der Waals surface area contributed by atoms with Crippen molar-refractivity contribution < 1.29 is 4.42 Å². The molecule has 6 nitrogen and oxygen atoms in total. The molecule has 0 N–H and O–H groups in total. The minimum Gasteiger partial charge on any atom is -0.467 e. The molecule has 4 heterocycles. The van der Waals surface area contributed by atoms with Gasteiger partial charge in [-0.15, -0.1) is 0 Å². The van der Waals surface area contributed by atoms with Gasteiger partial charge in [0, 0.05) is 31.3 Å². The zero-order valence-electron chi connectivity index (χ0n) is 12.9. The number of hydrogen-bond acceptors (Lipinski definition) is 6. The molecule has 0 atom stereocenters. The van der Waals surface area contributed by atoms with E-state index in [0.29, 0.717) is 18.7 Å². The summed E-state index contributed by atoms with van der Waals surface area (Å²) in [5, 5.41) is 0. The summed E-state index contributed by atoms with van der Waals surface area (Å²) in [7, 11) is 0. The van der Waals surface area contributed by atoms with Gasteiger partial charge in [0.25, 0.3) is 0 Å². The Morgan fingerprint density at radius 1 is 0.917 bits per heavy atom. The zero-order chi connectivity index (χ0) is 16.2. The van der Waals surface area contributed by atoms with Crippen LogP contribution in [0.1, 0.15) is 11.3 Å². The molecule has 0 aliphatic carbocycles. The number of rotatable bonds is 5. The summed E-state index contributed by atoms with van der Waals surface area (Å²) in [6.07, 6.45) is 8.62. The highest BCUT2D eigenvalue weighted by Gasteiger charge is 2.13. The predicted molar refractivity (Wildman–Crippen MR) is 90.2 cm³/mol. The molecule has 0 bridgehead atoms. The van der Waals surface area contributed by atoms with Crippen molar-refractivity contribution in [1.82, 2.24) is 19.9 Å². The zero-order valence-corrected chi connectivity index (χ0v) is 12.9. The Morgan fingerprint density at radius 3 is 2.71 bits per heavy atom. The molecule has 24 heavy (non-hydrogen) atoms. The van der Waals surface area contributed by atoms with E-state index in [0.717, 1.165) is 22.7 Å². The lowest BCUT2D eigenvalue weighted by Crippen LogP contribution is -2.23. The third-order valence-corrected chi connectivity index (χ3v) is 3.66. The number of pyridine rings is 2. The Morgan fingerprint density at radius 2 is 1.88 bits per heavy atom. The van der Waals surface area contributed by atoms with Crippen LogP contribution in [0.3, 0.4) is 0 Å². The van der Waals surface area contributed by atoms with Gasteiger partial charge in [0.1, 0.15) is 17.1 Å². The molecule has 4 aromatic rings. The molecule has 4 rings (SSSR count). The van der Waals surface area contributed by atoms with Gasteiger partial charge in [-0.2, -0.15) is 0 Å². The fourth-order valence-electron chi connectivity index (χ4n) is 2.54. The van der Waals surface area contributed by atoms with Crippen LogP contribution in [-0.2, 0) is 13.1 Å². The number of aromatic nitrogens is 4. The number of anilines is 1. The van der Waals surface area contributed by atoms with Crippen LogP contribution < -0.4 is 4.90 Å². The van der Waals surface area contributed by atoms with Crippen molar-refractivity contribution in [1.29, 1.82) is 0 Å². The first-order valence-corrected chi connectivity index (χ1v) is 7.62. The van der Waals surface area contributed by atoms with Crippen LogP contribution in [0, 0.1) is 0 Å². The topological polar surface area (TPSA) is 67.9 Å². The number of hydrogen-bond donors (Lipinski definition) is 0. The third-order valence-electron chi connectivity index (χ3n) is 3.66. The molecule has 0 aliphatic heterocycles. The van der Waals surface area contributed by atoms with Crippen LogP contribution >= 0.6 is 0 Å². The minimum atomic E-state index is 0.612. The Bertz CT molecular complexity index is 924. The van der Waals surface area contributed by atoms with Gasteiger partial charge in [0.15, 0.2) is 5.65 Å². The van der Waals surface area contributed by atoms with Gasteiger partial charge >= 0.3 is 0 Å². The maximum atomic E-state index is 5.50. The first-order valence-electron chi connectivity index (χ1n) is 7.62. The molecule has 0 radical (unpaired) electrons. The molecule has 0 aliphatic rings. The fourth-order valence-corrected chi connectivity index (χ4v) is 2.54. The third kappa shape index (κ3) is 3.08. The molecule has 0 saturated carbocycles. The van der Waals surface area contributed by atoms with Crippen LogP contribution in [0.15, 0.2) is 71.9 Å². The lowest BCUT2D eigenvalue weighted by molar-refractivity contribution is 0.500. The number of fused-ring (bicyclic) bond motifs is 1. The average Bonchev–Trinajstić information content (AvgIpc) is 3.15. The molecule has 118 valence electrons. The Balaban J connectivity index is 1.69. The molecule has 6 heteroatoms. The summed E-state index contributed by atoms with van der Waals surface area (Å²) in [5.74, 6) is 1.70. The second kappa shape index (κ2) is 6.45. The summed E-state index contributed by atoms with van der Waals surface area (Å²) < 4.78 is 5.50. The molecule has 0 saturated heterocycles. The van der Waals surface area contributed by atoms with Crippen molar-refractivity contribution in [3.63, 3.8) is 0 Å². The van der Waals surface area contributed by atoms with Crippen LogP contribution in [0.2, 0.25) is 0 Å². The minimum absolute atomic E-state index is 0.612. The molecular weight excluding hydrogens is 302 g/mol. The average molecular weight is 317 g/mol. The Kier molecular flexibility index (Phi) is 3.85. The van der Waals surface area contributed by atoms with Gasteiger partial charge < -0.3 is 9.32 Å². The van der Waals surface area contributed by atoms with Gasteiger partial charge in [-0.3, -0.25) is 9.97 Å². The quantitative estimate of drug-likeness (QED) is 0.563. The number of nitrogens with zero attached hydrogens (tertiary/aromatic N) is 5. The van der Waals surface area contributed by atoms with Crippen LogP contribution in [0.25, 0.3) is 11.2 Å². The predicted octanol–water partition coefficient (Wildman–Crippen LogP) is 3.22. The highest BCUT2D eigenvalue weighted by molar-refractivity contribution is 5.71.